The van der Waals surface area contributed by atoms with E-state index in [9.17, 15) is 0 Å². The van der Waals surface area contributed by atoms with Gasteiger partial charge in [0.05, 0.1) is 0 Å². The fourth-order valence-electron chi connectivity index (χ4n) is 2.75. The Balaban J connectivity index is 3.73. The second-order valence-corrected chi connectivity index (χ2v) is 21.2. The standard InChI is InChI=1S/C12H40O12Si8/c1-9-13-29(17-25-5)21-30(14-10-2,18-26-6)23-32(16-12-4,20-28-8)24-31(22-29,15-11-3)19-27-7/h9-12,25-28H2,1-8H3. The van der Waals surface area contributed by atoms with Crippen LogP contribution in [-0.4, -0.2) is 102 Å². The molecule has 0 aromatic heterocycles. The van der Waals surface area contributed by atoms with Gasteiger partial charge in [0.25, 0.3) is 0 Å². The predicted octanol–water partition coefficient (Wildman–Crippen LogP) is -1.45. The summed E-state index contributed by atoms with van der Waals surface area (Å²) in [4.78, 5) is 0. The molecule has 20 heteroatoms. The summed E-state index contributed by atoms with van der Waals surface area (Å²) in [7, 11) is -19.8. The first-order chi connectivity index (χ1) is 15.3. The minimum Gasteiger partial charge on any atom is -0.401 e. The monoisotopic (exact) mass is 600 g/mol. The van der Waals surface area contributed by atoms with Gasteiger partial charge in [-0.25, -0.2) is 0 Å². The first-order valence-electron chi connectivity index (χ1n) is 11.2. The van der Waals surface area contributed by atoms with E-state index in [4.69, 9.17) is 50.6 Å². The Labute approximate surface area is 205 Å². The van der Waals surface area contributed by atoms with Gasteiger partial charge in [-0.3, -0.25) is 0 Å². The van der Waals surface area contributed by atoms with Crippen LogP contribution in [0.15, 0.2) is 0 Å². The molecule has 0 aromatic rings. The zero-order valence-corrected chi connectivity index (χ0v) is 30.2. The van der Waals surface area contributed by atoms with Crippen LogP contribution >= 0.6 is 0 Å². The molecule has 12 nitrogen and oxygen atoms in total. The Morgan fingerprint density at radius 3 is 0.750 bits per heavy atom. The molecule has 1 heterocycles. The molecule has 0 aromatic carbocycles. The minimum atomic E-state index is -3.89. The van der Waals surface area contributed by atoms with Gasteiger partial charge in [0, 0.05) is 26.4 Å². The van der Waals surface area contributed by atoms with Crippen molar-refractivity contribution in [3.05, 3.63) is 0 Å². The molecule has 0 aliphatic carbocycles. The lowest BCUT2D eigenvalue weighted by Gasteiger charge is -2.46. The van der Waals surface area contributed by atoms with E-state index in [2.05, 4.69) is 0 Å². The molecule has 0 bridgehead atoms. The Kier molecular flexibility index (Phi) is 15.0. The Bertz CT molecular complexity index is 394. The molecule has 0 amide bonds. The highest BCUT2D eigenvalue weighted by atomic mass is 28.6. The molecule has 0 saturated carbocycles. The summed E-state index contributed by atoms with van der Waals surface area (Å²) < 4.78 is 74.2. The molecule has 192 valence electrons. The maximum absolute atomic E-state index is 6.44. The van der Waals surface area contributed by atoms with Crippen LogP contribution in [-0.2, 0) is 50.6 Å². The third kappa shape index (κ3) is 8.73. The molecule has 1 rings (SSSR count). The molecule has 1 fully saturated rings. The molecule has 0 spiro atoms. The number of rotatable bonds is 16. The van der Waals surface area contributed by atoms with Crippen LogP contribution in [0.5, 0.6) is 0 Å². The lowest BCUT2D eigenvalue weighted by atomic mass is 10.9. The lowest BCUT2D eigenvalue weighted by Crippen LogP contribution is -2.76. The molecule has 0 unspecified atom stereocenters. The molecule has 0 N–H and O–H groups in total. The topological polar surface area (TPSA) is 111 Å². The van der Waals surface area contributed by atoms with Crippen molar-refractivity contribution in [2.45, 2.75) is 53.9 Å². The van der Waals surface area contributed by atoms with E-state index < -0.39 is 75.2 Å². The molecular weight excluding hydrogens is 561 g/mol. The van der Waals surface area contributed by atoms with E-state index in [1.165, 1.54) is 0 Å². The van der Waals surface area contributed by atoms with Crippen LogP contribution in [0.25, 0.3) is 0 Å². The summed E-state index contributed by atoms with van der Waals surface area (Å²) in [5, 5.41) is 0. The third-order valence-electron chi connectivity index (χ3n) is 3.57. The average molecular weight is 601 g/mol. The molecule has 0 atom stereocenters. The summed E-state index contributed by atoms with van der Waals surface area (Å²) in [5.41, 5.74) is 0. The van der Waals surface area contributed by atoms with E-state index in [-0.39, 0.29) is 26.4 Å². The van der Waals surface area contributed by atoms with Gasteiger partial charge in [0.15, 0.2) is 39.1 Å². The van der Waals surface area contributed by atoms with E-state index in [0.717, 1.165) is 0 Å². The minimum absolute atomic E-state index is 0.271. The Morgan fingerprint density at radius 1 is 0.438 bits per heavy atom. The highest BCUT2D eigenvalue weighted by Gasteiger charge is 2.74. The van der Waals surface area contributed by atoms with Gasteiger partial charge in [-0.15, -0.1) is 0 Å². The Morgan fingerprint density at radius 2 is 0.625 bits per heavy atom. The first kappa shape index (κ1) is 31.3. The van der Waals surface area contributed by atoms with Crippen molar-refractivity contribution >= 4 is 75.2 Å². The molecule has 1 aliphatic heterocycles. The van der Waals surface area contributed by atoms with Gasteiger partial charge in [-0.2, -0.15) is 0 Å². The van der Waals surface area contributed by atoms with E-state index in [1.54, 1.807) is 0 Å². The van der Waals surface area contributed by atoms with Crippen LogP contribution in [0.1, 0.15) is 27.7 Å². The van der Waals surface area contributed by atoms with Crippen molar-refractivity contribution in [3.8, 4) is 0 Å². The molecule has 0 radical (unpaired) electrons. The third-order valence-corrected chi connectivity index (χ3v) is 24.4. The first-order valence-corrected chi connectivity index (χ1v) is 25.7. The quantitative estimate of drug-likeness (QED) is 0.193. The average Bonchev–Trinajstić information content (AvgIpc) is 2.68. The number of hydrogen-bond acceptors (Lipinski definition) is 12. The number of hydrogen-bond donors (Lipinski definition) is 0. The van der Waals surface area contributed by atoms with E-state index in [0.29, 0.717) is 0 Å². The lowest BCUT2D eigenvalue weighted by molar-refractivity contribution is -0.0669. The highest BCUT2D eigenvalue weighted by Crippen LogP contribution is 2.34. The van der Waals surface area contributed by atoms with Gasteiger partial charge in [-0.05, 0) is 27.7 Å². The van der Waals surface area contributed by atoms with E-state index >= 15 is 0 Å². The Hall–Kier alpha value is 1.26. The fraction of sp³-hybridized carbons (Fsp3) is 1.00. The summed E-state index contributed by atoms with van der Waals surface area (Å²) in [6.07, 6.45) is 0. The maximum atomic E-state index is 6.44. The van der Waals surface area contributed by atoms with Crippen molar-refractivity contribution in [2.75, 3.05) is 26.4 Å². The van der Waals surface area contributed by atoms with Crippen LogP contribution in [0, 0.1) is 0 Å². The zero-order valence-electron chi connectivity index (χ0n) is 20.6. The van der Waals surface area contributed by atoms with Gasteiger partial charge in [-0.1, -0.05) is 26.2 Å². The van der Waals surface area contributed by atoms with Gasteiger partial charge < -0.3 is 50.6 Å². The van der Waals surface area contributed by atoms with Gasteiger partial charge >= 0.3 is 36.2 Å². The largest absolute Gasteiger partial charge is 0.657 e. The second-order valence-electron chi connectivity index (χ2n) is 5.87. The summed E-state index contributed by atoms with van der Waals surface area (Å²) in [6.45, 7) is 16.2. The normalized spacial score (nSPS) is 35.2. The fourth-order valence-corrected chi connectivity index (χ4v) is 26.2. The molecule has 1 saturated heterocycles. The highest BCUT2D eigenvalue weighted by molar-refractivity contribution is 6.86. The van der Waals surface area contributed by atoms with Crippen molar-refractivity contribution in [3.63, 3.8) is 0 Å². The molecule has 32 heavy (non-hydrogen) atoms. The van der Waals surface area contributed by atoms with Crippen LogP contribution < -0.4 is 0 Å². The van der Waals surface area contributed by atoms with E-state index in [1.807, 2.05) is 53.9 Å². The maximum Gasteiger partial charge on any atom is 0.657 e. The molecular formula is C12H40O12Si8. The summed E-state index contributed by atoms with van der Waals surface area (Å²) in [6, 6.07) is 0. The van der Waals surface area contributed by atoms with Gasteiger partial charge in [0.1, 0.15) is 0 Å². The van der Waals surface area contributed by atoms with Crippen LogP contribution in [0.4, 0.5) is 0 Å². The summed E-state index contributed by atoms with van der Waals surface area (Å²) >= 11 is 0. The molecule has 1 aliphatic rings. The van der Waals surface area contributed by atoms with Crippen molar-refractivity contribution in [1.82, 2.24) is 0 Å². The van der Waals surface area contributed by atoms with Crippen LogP contribution in [0.2, 0.25) is 26.2 Å². The van der Waals surface area contributed by atoms with Crippen molar-refractivity contribution < 1.29 is 50.6 Å². The summed E-state index contributed by atoms with van der Waals surface area (Å²) in [5.74, 6) is 0. The van der Waals surface area contributed by atoms with Crippen molar-refractivity contribution in [1.29, 1.82) is 0 Å². The zero-order chi connectivity index (χ0) is 24.1. The second kappa shape index (κ2) is 15.4. The van der Waals surface area contributed by atoms with Gasteiger partial charge in [0.2, 0.25) is 0 Å². The van der Waals surface area contributed by atoms with Crippen LogP contribution in [0.3, 0.4) is 0 Å². The smallest absolute Gasteiger partial charge is 0.401 e. The SMILES string of the molecule is CCO[Si]1(O[SiH2]C)O[Si](OCC)(O[SiH2]C)O[Si](OCC)(O[SiH2]C)O[Si](OCC)(O[SiH2]C)O1. The van der Waals surface area contributed by atoms with Crippen molar-refractivity contribution in [2.24, 2.45) is 0 Å². The predicted molar refractivity (Wildman–Crippen MR) is 136 cm³/mol.